The van der Waals surface area contributed by atoms with Crippen LogP contribution in [0.3, 0.4) is 0 Å². The molecule has 4 atom stereocenters. The third kappa shape index (κ3) is 3.98. The summed E-state index contributed by atoms with van der Waals surface area (Å²) in [6, 6.07) is 8.51. The van der Waals surface area contributed by atoms with Gasteiger partial charge in [0.05, 0.1) is 34.0 Å². The molecule has 0 saturated carbocycles. The van der Waals surface area contributed by atoms with Gasteiger partial charge in [-0.15, -0.1) is 0 Å². The average Bonchev–Trinajstić information content (AvgIpc) is 3.21. The summed E-state index contributed by atoms with van der Waals surface area (Å²) in [4.78, 5) is 65.9. The molecule has 11 heteroatoms. The van der Waals surface area contributed by atoms with Gasteiger partial charge in [0.15, 0.2) is 23.1 Å². The third-order valence-electron chi connectivity index (χ3n) is 8.49. The smallest absolute Gasteiger partial charge is 0.269 e. The van der Waals surface area contributed by atoms with E-state index in [0.717, 1.165) is 10.5 Å². The maximum absolute atomic E-state index is 13.9. The first-order valence-electron chi connectivity index (χ1n) is 12.9. The number of methoxy groups -OCH3 is 1. The Bertz CT molecular complexity index is 1690. The first kappa shape index (κ1) is 26.8. The maximum atomic E-state index is 13.9. The van der Waals surface area contributed by atoms with Gasteiger partial charge in [-0.2, -0.15) is 0 Å². The molecule has 3 aliphatic carbocycles. The molecule has 0 spiro atoms. The van der Waals surface area contributed by atoms with E-state index in [0.29, 0.717) is 26.8 Å². The van der Waals surface area contributed by atoms with Crippen molar-refractivity contribution < 1.29 is 33.9 Å². The number of allylic oxidation sites excluding steroid dienone is 6. The monoisotopic (exact) mass is 618 g/mol. The van der Waals surface area contributed by atoms with E-state index < -0.39 is 40.4 Å². The molecular weight excluding hydrogens is 596 g/mol. The summed E-state index contributed by atoms with van der Waals surface area (Å²) in [6.45, 7) is 1.59. The van der Waals surface area contributed by atoms with E-state index in [2.05, 4.69) is 15.9 Å². The van der Waals surface area contributed by atoms with Crippen molar-refractivity contribution in [2.75, 3.05) is 12.0 Å². The quantitative estimate of drug-likeness (QED) is 0.171. The Morgan fingerprint density at radius 3 is 2.44 bits per heavy atom. The SMILES string of the molecule is COc1cc(C2C3=CCC4C(=O)N(c5ccc([N+](=O)[O-])cc5)C(=O)C4C3CC3=C2C(=O)C(C)=CC3=O)cc(Br)c1O. The molecule has 2 aromatic rings. The lowest BCUT2D eigenvalue weighted by atomic mass is 9.59. The molecule has 1 N–H and O–H groups in total. The number of non-ortho nitro benzene ring substituents is 1. The number of ether oxygens (including phenoxy) is 1. The number of benzene rings is 2. The van der Waals surface area contributed by atoms with Crippen molar-refractivity contribution in [2.45, 2.75) is 25.7 Å². The molecule has 2 amide bonds. The average molecular weight is 619 g/mol. The van der Waals surface area contributed by atoms with Crippen LogP contribution in [0.4, 0.5) is 11.4 Å². The zero-order valence-electron chi connectivity index (χ0n) is 21.9. The number of phenolic OH excluding ortho intramolecular Hbond substituents is 1. The third-order valence-corrected chi connectivity index (χ3v) is 9.09. The van der Waals surface area contributed by atoms with Crippen LogP contribution in [0.25, 0.3) is 0 Å². The summed E-state index contributed by atoms with van der Waals surface area (Å²) in [5, 5.41) is 21.5. The van der Waals surface area contributed by atoms with Gasteiger partial charge in [0.2, 0.25) is 11.8 Å². The standard InChI is InChI=1S/C30H23BrN2O8/c1-13-9-22(34)20-12-19-17(24(26(20)27(13)35)14-10-21(31)28(36)23(11-14)41-2)7-8-18-25(19)30(38)32(29(18)37)15-3-5-16(6-4-15)33(39)40/h3-7,9-11,18-19,24-25,36H,8,12H2,1-2H3. The zero-order chi connectivity index (χ0) is 29.3. The van der Waals surface area contributed by atoms with Crippen LogP contribution in [-0.4, -0.2) is 40.5 Å². The minimum atomic E-state index is -0.786. The summed E-state index contributed by atoms with van der Waals surface area (Å²) in [5.41, 5.74) is 2.38. The highest BCUT2D eigenvalue weighted by Crippen LogP contribution is 2.56. The topological polar surface area (TPSA) is 144 Å². The molecule has 0 bridgehead atoms. The lowest BCUT2D eigenvalue weighted by Crippen LogP contribution is -2.39. The van der Waals surface area contributed by atoms with Crippen molar-refractivity contribution in [3.05, 3.63) is 91.0 Å². The van der Waals surface area contributed by atoms with Crippen molar-refractivity contribution in [3.63, 3.8) is 0 Å². The number of nitrogens with zero attached hydrogens (tertiary/aromatic N) is 2. The summed E-state index contributed by atoms with van der Waals surface area (Å²) in [6.07, 6.45) is 3.57. The van der Waals surface area contributed by atoms with Gasteiger partial charge < -0.3 is 9.84 Å². The number of phenols is 1. The van der Waals surface area contributed by atoms with Gasteiger partial charge in [0.1, 0.15) is 0 Å². The molecule has 1 heterocycles. The number of hydrogen-bond donors (Lipinski definition) is 1. The van der Waals surface area contributed by atoms with Crippen molar-refractivity contribution in [2.24, 2.45) is 17.8 Å². The molecule has 4 unspecified atom stereocenters. The molecule has 6 rings (SSSR count). The molecule has 0 aromatic heterocycles. The number of carbonyl (C=O) groups is 4. The second kappa shape index (κ2) is 9.62. The molecule has 10 nitrogen and oxygen atoms in total. The van der Waals surface area contributed by atoms with E-state index in [1.165, 1.54) is 37.5 Å². The van der Waals surface area contributed by atoms with Gasteiger partial charge in [-0.05, 0) is 77.5 Å². The normalized spacial score (nSPS) is 25.4. The Balaban J connectivity index is 1.48. The van der Waals surface area contributed by atoms with Gasteiger partial charge in [-0.1, -0.05) is 11.6 Å². The van der Waals surface area contributed by atoms with E-state index in [1.807, 2.05) is 6.08 Å². The zero-order valence-corrected chi connectivity index (χ0v) is 23.5. The molecule has 2 aromatic carbocycles. The van der Waals surface area contributed by atoms with E-state index in [1.54, 1.807) is 19.1 Å². The van der Waals surface area contributed by atoms with Crippen LogP contribution in [-0.2, 0) is 19.2 Å². The summed E-state index contributed by atoms with van der Waals surface area (Å²) in [5.74, 6) is -4.08. The first-order chi connectivity index (χ1) is 19.5. The van der Waals surface area contributed by atoms with Gasteiger partial charge in [0, 0.05) is 34.8 Å². The van der Waals surface area contributed by atoms with Crippen molar-refractivity contribution in [1.82, 2.24) is 0 Å². The van der Waals surface area contributed by atoms with Gasteiger partial charge >= 0.3 is 0 Å². The number of nitro benzene ring substituents is 1. The highest BCUT2D eigenvalue weighted by atomic mass is 79.9. The van der Waals surface area contributed by atoms with Gasteiger partial charge in [-0.3, -0.25) is 34.2 Å². The van der Waals surface area contributed by atoms with Crippen molar-refractivity contribution in [1.29, 1.82) is 0 Å². The molecule has 208 valence electrons. The molecule has 1 saturated heterocycles. The number of imide groups is 1. The van der Waals surface area contributed by atoms with Gasteiger partial charge in [0.25, 0.3) is 5.69 Å². The van der Waals surface area contributed by atoms with Crippen LogP contribution in [0.2, 0.25) is 0 Å². The Hall–Kier alpha value is -4.38. The lowest BCUT2D eigenvalue weighted by Gasteiger charge is -2.42. The lowest BCUT2D eigenvalue weighted by molar-refractivity contribution is -0.384. The number of anilines is 1. The molecular formula is C30H23BrN2O8. The van der Waals surface area contributed by atoms with E-state index in [9.17, 15) is 34.4 Å². The Morgan fingerprint density at radius 1 is 1.07 bits per heavy atom. The van der Waals surface area contributed by atoms with Crippen LogP contribution in [0.1, 0.15) is 31.2 Å². The highest BCUT2D eigenvalue weighted by molar-refractivity contribution is 9.10. The number of nitro groups is 1. The first-order valence-corrected chi connectivity index (χ1v) is 13.7. The fourth-order valence-electron chi connectivity index (χ4n) is 6.63. The predicted molar refractivity (Wildman–Crippen MR) is 149 cm³/mol. The molecule has 0 radical (unpaired) electrons. The number of fused-ring (bicyclic) bond motifs is 3. The predicted octanol–water partition coefficient (Wildman–Crippen LogP) is 4.71. The fourth-order valence-corrected chi connectivity index (χ4v) is 7.09. The van der Waals surface area contributed by atoms with Crippen LogP contribution in [0, 0.1) is 27.9 Å². The Kier molecular flexibility index (Phi) is 6.29. The number of hydrogen-bond acceptors (Lipinski definition) is 8. The van der Waals surface area contributed by atoms with Crippen molar-refractivity contribution in [3.8, 4) is 11.5 Å². The molecule has 41 heavy (non-hydrogen) atoms. The summed E-state index contributed by atoms with van der Waals surface area (Å²) < 4.78 is 5.70. The van der Waals surface area contributed by atoms with Gasteiger partial charge in [-0.25, -0.2) is 0 Å². The maximum Gasteiger partial charge on any atom is 0.269 e. The second-order valence-electron chi connectivity index (χ2n) is 10.6. The minimum Gasteiger partial charge on any atom is -0.503 e. The minimum absolute atomic E-state index is 0.118. The number of amides is 2. The van der Waals surface area contributed by atoms with Crippen LogP contribution in [0.5, 0.6) is 11.5 Å². The number of rotatable bonds is 4. The largest absolute Gasteiger partial charge is 0.503 e. The number of carbonyl (C=O) groups excluding carboxylic acids is 4. The second-order valence-corrected chi connectivity index (χ2v) is 11.4. The van der Waals surface area contributed by atoms with E-state index >= 15 is 0 Å². The van der Waals surface area contributed by atoms with E-state index in [-0.39, 0.29) is 47.3 Å². The summed E-state index contributed by atoms with van der Waals surface area (Å²) in [7, 11) is 1.40. The number of Topliss-reactive ketones (excluding diaryl/α,β-unsaturated/α-hetero) is 1. The Morgan fingerprint density at radius 2 is 1.78 bits per heavy atom. The number of ketones is 2. The van der Waals surface area contributed by atoms with Crippen LogP contribution >= 0.6 is 15.9 Å². The fraction of sp³-hybridized carbons (Fsp3) is 0.267. The summed E-state index contributed by atoms with van der Waals surface area (Å²) >= 11 is 3.35. The highest BCUT2D eigenvalue weighted by Gasteiger charge is 2.56. The molecule has 1 aliphatic heterocycles. The van der Waals surface area contributed by atoms with E-state index in [4.69, 9.17) is 4.74 Å². The van der Waals surface area contributed by atoms with Crippen LogP contribution in [0.15, 0.2) is 75.3 Å². The number of aromatic hydroxyl groups is 1. The molecule has 4 aliphatic rings. The van der Waals surface area contributed by atoms with Crippen LogP contribution < -0.4 is 9.64 Å². The molecule has 1 fully saturated rings. The van der Waals surface area contributed by atoms with Crippen molar-refractivity contribution >= 4 is 50.7 Å². The number of halogens is 1. The Labute approximate surface area is 242 Å².